The summed E-state index contributed by atoms with van der Waals surface area (Å²) in [6, 6.07) is 6.33. The topological polar surface area (TPSA) is 17.8 Å². The van der Waals surface area contributed by atoms with Crippen LogP contribution in [0.15, 0.2) is 22.7 Å². The van der Waals surface area contributed by atoms with E-state index in [1.165, 1.54) is 15.7 Å². The van der Waals surface area contributed by atoms with Crippen LogP contribution in [0.5, 0.6) is 0 Å². The number of nitrogens with zero attached hydrogens (tertiary/aromatic N) is 2. The molecule has 0 amide bonds. The number of benzene rings is 1. The number of aryl methyl sites for hydroxylation is 2. The molecule has 0 N–H and O–H groups in total. The van der Waals surface area contributed by atoms with Crippen molar-refractivity contribution in [1.29, 1.82) is 0 Å². The van der Waals surface area contributed by atoms with Gasteiger partial charge in [0.05, 0.1) is 10.5 Å². The predicted molar refractivity (Wildman–Crippen MR) is 68.5 cm³/mol. The van der Waals surface area contributed by atoms with Gasteiger partial charge in [-0.3, -0.25) is 0 Å². The lowest BCUT2D eigenvalue weighted by atomic mass is 10.2. The molecule has 2 heterocycles. The minimum Gasteiger partial charge on any atom is -0.334 e. The molecule has 2 aromatic heterocycles. The van der Waals surface area contributed by atoms with Crippen LogP contribution in [0, 0.1) is 6.92 Å². The van der Waals surface area contributed by atoms with Crippen LogP contribution in [0.25, 0.3) is 21.3 Å². The van der Waals surface area contributed by atoms with Gasteiger partial charge in [-0.1, -0.05) is 15.9 Å². The second-order valence-corrected chi connectivity index (χ2v) is 5.70. The molecule has 0 aliphatic heterocycles. The van der Waals surface area contributed by atoms with Gasteiger partial charge in [0.25, 0.3) is 0 Å². The maximum absolute atomic E-state index is 4.58. The van der Waals surface area contributed by atoms with E-state index in [0.29, 0.717) is 0 Å². The van der Waals surface area contributed by atoms with E-state index in [9.17, 15) is 0 Å². The Morgan fingerprint density at radius 2 is 2.20 bits per heavy atom. The number of thiazole rings is 1. The molecule has 2 nitrogen and oxygen atoms in total. The second-order valence-electron chi connectivity index (χ2n) is 3.61. The van der Waals surface area contributed by atoms with Crippen LogP contribution >= 0.6 is 27.3 Å². The van der Waals surface area contributed by atoms with Gasteiger partial charge < -0.3 is 4.57 Å². The summed E-state index contributed by atoms with van der Waals surface area (Å²) >= 11 is 5.25. The summed E-state index contributed by atoms with van der Waals surface area (Å²) in [5.41, 5.74) is 2.36. The van der Waals surface area contributed by atoms with E-state index in [1.807, 2.05) is 0 Å². The first-order chi connectivity index (χ1) is 7.16. The molecule has 0 bridgehead atoms. The van der Waals surface area contributed by atoms with E-state index in [0.717, 1.165) is 15.0 Å². The fourth-order valence-electron chi connectivity index (χ4n) is 1.92. The summed E-state index contributed by atoms with van der Waals surface area (Å²) in [6.45, 7) is 2.05. The van der Waals surface area contributed by atoms with Gasteiger partial charge in [-0.2, -0.15) is 0 Å². The van der Waals surface area contributed by atoms with Crippen molar-refractivity contribution in [3.05, 3.63) is 27.7 Å². The van der Waals surface area contributed by atoms with Crippen LogP contribution in [-0.4, -0.2) is 9.55 Å². The Bertz CT molecular complexity index is 666. The van der Waals surface area contributed by atoms with Crippen molar-refractivity contribution in [2.45, 2.75) is 6.92 Å². The minimum atomic E-state index is 1.10. The maximum Gasteiger partial charge on any atom is 0.124 e. The molecule has 0 saturated carbocycles. The molecule has 0 aliphatic rings. The number of hydrogen-bond acceptors (Lipinski definition) is 2. The van der Waals surface area contributed by atoms with Gasteiger partial charge in [-0.05, 0) is 25.1 Å². The van der Waals surface area contributed by atoms with Crippen molar-refractivity contribution in [2.24, 2.45) is 7.05 Å². The summed E-state index contributed by atoms with van der Waals surface area (Å²) in [6.07, 6.45) is 0. The molecule has 0 saturated heterocycles. The lowest BCUT2D eigenvalue weighted by Gasteiger charge is -1.96. The highest BCUT2D eigenvalue weighted by atomic mass is 79.9. The monoisotopic (exact) mass is 280 g/mol. The summed E-state index contributed by atoms with van der Waals surface area (Å²) in [5, 5.41) is 2.35. The third-order valence-electron chi connectivity index (χ3n) is 2.60. The summed E-state index contributed by atoms with van der Waals surface area (Å²) < 4.78 is 3.31. The normalized spacial score (nSPS) is 11.7. The Kier molecular flexibility index (Phi) is 1.91. The number of fused-ring (bicyclic) bond motifs is 3. The SMILES string of the molecule is Cc1nc2c3cc(Br)ccc3n(C)c2s1. The Labute approximate surface area is 99.7 Å². The molecular weight excluding hydrogens is 272 g/mol. The summed E-state index contributed by atoms with van der Waals surface area (Å²) in [7, 11) is 2.09. The average Bonchev–Trinajstić information content (AvgIpc) is 2.67. The molecule has 1 aromatic carbocycles. The quantitative estimate of drug-likeness (QED) is 0.612. The molecule has 0 radical (unpaired) electrons. The van der Waals surface area contributed by atoms with Gasteiger partial charge in [-0.15, -0.1) is 11.3 Å². The van der Waals surface area contributed by atoms with E-state index in [4.69, 9.17) is 0 Å². The molecular formula is C11H9BrN2S. The molecule has 0 atom stereocenters. The van der Waals surface area contributed by atoms with E-state index in [2.05, 4.69) is 57.7 Å². The Hall–Kier alpha value is -0.870. The van der Waals surface area contributed by atoms with Crippen LogP contribution in [-0.2, 0) is 7.05 Å². The van der Waals surface area contributed by atoms with Crippen LogP contribution < -0.4 is 0 Å². The van der Waals surface area contributed by atoms with Crippen molar-refractivity contribution >= 4 is 48.5 Å². The van der Waals surface area contributed by atoms with Gasteiger partial charge in [-0.25, -0.2) is 4.98 Å². The molecule has 0 fully saturated rings. The first-order valence-electron chi connectivity index (χ1n) is 4.68. The van der Waals surface area contributed by atoms with E-state index >= 15 is 0 Å². The highest BCUT2D eigenvalue weighted by Crippen LogP contribution is 2.32. The van der Waals surface area contributed by atoms with Gasteiger partial charge in [0, 0.05) is 16.9 Å². The highest BCUT2D eigenvalue weighted by Gasteiger charge is 2.11. The number of halogens is 1. The molecule has 3 rings (SSSR count). The van der Waals surface area contributed by atoms with Crippen molar-refractivity contribution < 1.29 is 0 Å². The van der Waals surface area contributed by atoms with Gasteiger partial charge in [0.15, 0.2) is 0 Å². The van der Waals surface area contributed by atoms with Crippen molar-refractivity contribution in [3.63, 3.8) is 0 Å². The van der Waals surface area contributed by atoms with Gasteiger partial charge in [0.2, 0.25) is 0 Å². The molecule has 3 aromatic rings. The zero-order valence-corrected chi connectivity index (χ0v) is 10.8. The summed E-state index contributed by atoms with van der Waals surface area (Å²) in [5.74, 6) is 0. The molecule has 0 aliphatic carbocycles. The van der Waals surface area contributed by atoms with Gasteiger partial charge in [0.1, 0.15) is 10.3 Å². The average molecular weight is 281 g/mol. The van der Waals surface area contributed by atoms with Crippen molar-refractivity contribution in [1.82, 2.24) is 9.55 Å². The second kappa shape index (κ2) is 3.06. The molecule has 0 spiro atoms. The van der Waals surface area contributed by atoms with Crippen LogP contribution in [0.2, 0.25) is 0 Å². The van der Waals surface area contributed by atoms with Gasteiger partial charge >= 0.3 is 0 Å². The Morgan fingerprint density at radius 1 is 1.40 bits per heavy atom. The van der Waals surface area contributed by atoms with E-state index < -0.39 is 0 Å². The molecule has 76 valence electrons. The largest absolute Gasteiger partial charge is 0.334 e. The fraction of sp³-hybridized carbons (Fsp3) is 0.182. The lowest BCUT2D eigenvalue weighted by molar-refractivity contribution is 1.02. The first kappa shape index (κ1) is 9.36. The standard InChI is InChI=1S/C11H9BrN2S/c1-6-13-10-8-5-7(12)3-4-9(8)14(2)11(10)15-6/h3-5H,1-2H3. The summed E-state index contributed by atoms with van der Waals surface area (Å²) in [4.78, 5) is 5.83. The Balaban J connectivity index is 2.60. The first-order valence-corrected chi connectivity index (χ1v) is 6.29. The van der Waals surface area contributed by atoms with E-state index in [1.54, 1.807) is 11.3 Å². The molecule has 15 heavy (non-hydrogen) atoms. The number of rotatable bonds is 0. The number of hydrogen-bond donors (Lipinski definition) is 0. The minimum absolute atomic E-state index is 1.10. The zero-order valence-electron chi connectivity index (χ0n) is 8.41. The van der Waals surface area contributed by atoms with Crippen LogP contribution in [0.3, 0.4) is 0 Å². The third kappa shape index (κ3) is 1.25. The van der Waals surface area contributed by atoms with Crippen LogP contribution in [0.1, 0.15) is 5.01 Å². The number of aromatic nitrogens is 2. The van der Waals surface area contributed by atoms with Crippen molar-refractivity contribution in [3.8, 4) is 0 Å². The zero-order chi connectivity index (χ0) is 10.6. The Morgan fingerprint density at radius 3 is 3.00 bits per heavy atom. The molecule has 0 unspecified atom stereocenters. The van der Waals surface area contributed by atoms with Crippen LogP contribution in [0.4, 0.5) is 0 Å². The van der Waals surface area contributed by atoms with Crippen molar-refractivity contribution in [2.75, 3.05) is 0 Å². The predicted octanol–water partition coefficient (Wildman–Crippen LogP) is 3.86. The highest BCUT2D eigenvalue weighted by molar-refractivity contribution is 9.10. The molecule has 4 heteroatoms. The smallest absolute Gasteiger partial charge is 0.124 e. The third-order valence-corrected chi connectivity index (χ3v) is 4.14. The maximum atomic E-state index is 4.58. The lowest BCUT2D eigenvalue weighted by Crippen LogP contribution is -1.83. The van der Waals surface area contributed by atoms with E-state index in [-0.39, 0.29) is 0 Å². The fourth-order valence-corrected chi connectivity index (χ4v) is 3.18.